The Balaban J connectivity index is 4.43. The summed E-state index contributed by atoms with van der Waals surface area (Å²) in [5.74, 6) is -1.89. The van der Waals surface area contributed by atoms with Crippen molar-refractivity contribution in [1.29, 1.82) is 0 Å². The SMILES string of the molecule is CC/C=C\C/C=C\C/C=C\C/C=C\C/C=C\CC(=O)OC(COCCC(C(=O)[O-])[N+](C)(C)C)COC(=O)CCCCCCCCCCCCCCCCCCC. The largest absolute Gasteiger partial charge is 0.544 e. The Hall–Kier alpha value is -2.97. The van der Waals surface area contributed by atoms with Gasteiger partial charge >= 0.3 is 11.9 Å². The first kappa shape index (κ1) is 53.0. The average molecular weight is 786 g/mol. The van der Waals surface area contributed by atoms with E-state index in [2.05, 4.69) is 62.5 Å². The number of hydrogen-bond acceptors (Lipinski definition) is 7. The van der Waals surface area contributed by atoms with Crippen molar-refractivity contribution in [3.05, 3.63) is 60.8 Å². The van der Waals surface area contributed by atoms with Gasteiger partial charge in [0, 0.05) is 12.8 Å². The fraction of sp³-hybridized carbons (Fsp3) is 0.729. The molecule has 0 heterocycles. The van der Waals surface area contributed by atoms with E-state index in [1.165, 1.54) is 89.9 Å². The highest BCUT2D eigenvalue weighted by molar-refractivity contribution is 5.71. The number of esters is 2. The van der Waals surface area contributed by atoms with Gasteiger partial charge in [0.1, 0.15) is 12.6 Å². The molecule has 0 radical (unpaired) electrons. The second-order valence-electron chi connectivity index (χ2n) is 15.9. The van der Waals surface area contributed by atoms with Crippen molar-refractivity contribution in [3.8, 4) is 0 Å². The quantitative estimate of drug-likeness (QED) is 0.0265. The molecule has 2 atom stereocenters. The summed E-state index contributed by atoms with van der Waals surface area (Å²) >= 11 is 0. The lowest BCUT2D eigenvalue weighted by Crippen LogP contribution is -2.55. The van der Waals surface area contributed by atoms with Crippen LogP contribution in [0.5, 0.6) is 0 Å². The number of allylic oxidation sites excluding steroid dienone is 9. The lowest BCUT2D eigenvalue weighted by Gasteiger charge is -2.34. The normalized spacial score (nSPS) is 13.5. The van der Waals surface area contributed by atoms with Gasteiger partial charge in [-0.15, -0.1) is 0 Å². The third-order valence-electron chi connectivity index (χ3n) is 9.70. The number of quaternary nitrogens is 1. The van der Waals surface area contributed by atoms with Crippen LogP contribution in [0.2, 0.25) is 0 Å². The van der Waals surface area contributed by atoms with Crippen LogP contribution < -0.4 is 5.11 Å². The molecule has 0 spiro atoms. The lowest BCUT2D eigenvalue weighted by molar-refractivity contribution is -0.889. The molecular formula is C48H83NO7. The van der Waals surface area contributed by atoms with Crippen LogP contribution in [-0.4, -0.2) is 75.5 Å². The third kappa shape index (κ3) is 36.7. The molecule has 0 aromatic carbocycles. The van der Waals surface area contributed by atoms with E-state index in [4.69, 9.17) is 14.2 Å². The van der Waals surface area contributed by atoms with Gasteiger partial charge in [-0.05, 0) is 38.5 Å². The second-order valence-corrected chi connectivity index (χ2v) is 15.9. The van der Waals surface area contributed by atoms with Crippen LogP contribution in [0.15, 0.2) is 60.8 Å². The van der Waals surface area contributed by atoms with Crippen LogP contribution in [0.25, 0.3) is 0 Å². The Kier molecular flexibility index (Phi) is 36.8. The fourth-order valence-electron chi connectivity index (χ4n) is 6.26. The van der Waals surface area contributed by atoms with E-state index in [9.17, 15) is 19.5 Å². The highest BCUT2D eigenvalue weighted by atomic mass is 16.6. The van der Waals surface area contributed by atoms with Gasteiger partial charge in [-0.25, -0.2) is 0 Å². The highest BCUT2D eigenvalue weighted by Gasteiger charge is 2.25. The zero-order chi connectivity index (χ0) is 41.4. The maximum atomic E-state index is 12.6. The number of carbonyl (C=O) groups is 3. The summed E-state index contributed by atoms with van der Waals surface area (Å²) in [5, 5.41) is 11.6. The van der Waals surface area contributed by atoms with Crippen LogP contribution in [0.3, 0.4) is 0 Å². The van der Waals surface area contributed by atoms with Crippen molar-refractivity contribution >= 4 is 17.9 Å². The topological polar surface area (TPSA) is 102 Å². The molecule has 322 valence electrons. The minimum absolute atomic E-state index is 0.000716. The molecule has 8 heteroatoms. The van der Waals surface area contributed by atoms with Gasteiger partial charge in [0.25, 0.3) is 0 Å². The van der Waals surface area contributed by atoms with Crippen molar-refractivity contribution in [2.24, 2.45) is 0 Å². The molecule has 0 N–H and O–H groups in total. The number of rotatable bonds is 39. The number of aliphatic carboxylic acids is 1. The zero-order valence-corrected chi connectivity index (χ0v) is 36.5. The van der Waals surface area contributed by atoms with E-state index in [1.807, 2.05) is 6.08 Å². The van der Waals surface area contributed by atoms with E-state index >= 15 is 0 Å². The van der Waals surface area contributed by atoms with Crippen LogP contribution in [0.1, 0.15) is 174 Å². The molecule has 0 bridgehead atoms. The monoisotopic (exact) mass is 786 g/mol. The summed E-state index contributed by atoms with van der Waals surface area (Å²) in [5.41, 5.74) is 0. The van der Waals surface area contributed by atoms with E-state index < -0.39 is 24.1 Å². The van der Waals surface area contributed by atoms with Crippen molar-refractivity contribution in [3.63, 3.8) is 0 Å². The number of unbranched alkanes of at least 4 members (excludes halogenated alkanes) is 16. The number of nitrogens with zero attached hydrogens (tertiary/aromatic N) is 1. The Morgan fingerprint density at radius 3 is 1.41 bits per heavy atom. The van der Waals surface area contributed by atoms with Gasteiger partial charge in [-0.2, -0.15) is 0 Å². The standard InChI is InChI=1S/C48H83NO7/c1-6-8-10-12-14-16-18-20-22-23-25-26-28-30-32-34-36-38-46(50)55-43-44(42-54-41-40-45(48(52)53)49(3,4)5)56-47(51)39-37-35-33-31-29-27-24-21-19-17-15-13-11-9-7-2/h9,11,15,17,21,24,29,31,35,37,44-45H,6-8,10,12-14,16,18-20,22-23,25-28,30,32-34,36,38-43H2,1-5H3/b11-9-,17-15-,24-21-,31-29-,37-35-. The molecule has 0 aliphatic heterocycles. The molecule has 0 aromatic rings. The number of carboxylic acids is 1. The van der Waals surface area contributed by atoms with Gasteiger partial charge in [0.15, 0.2) is 6.10 Å². The molecule has 0 aliphatic carbocycles. The summed E-state index contributed by atoms with van der Waals surface area (Å²) in [7, 11) is 5.37. The first-order valence-corrected chi connectivity index (χ1v) is 22.3. The van der Waals surface area contributed by atoms with Crippen LogP contribution >= 0.6 is 0 Å². The zero-order valence-electron chi connectivity index (χ0n) is 36.5. The molecule has 0 aliphatic rings. The minimum Gasteiger partial charge on any atom is -0.544 e. The lowest BCUT2D eigenvalue weighted by atomic mass is 10.0. The van der Waals surface area contributed by atoms with Crippen molar-refractivity contribution in [2.75, 3.05) is 41.0 Å². The van der Waals surface area contributed by atoms with E-state index in [-0.39, 0.29) is 43.1 Å². The Bertz CT molecular complexity index is 1100. The van der Waals surface area contributed by atoms with Crippen LogP contribution in [0.4, 0.5) is 0 Å². The fourth-order valence-corrected chi connectivity index (χ4v) is 6.26. The predicted molar refractivity (Wildman–Crippen MR) is 231 cm³/mol. The molecule has 2 unspecified atom stereocenters. The summed E-state index contributed by atoms with van der Waals surface area (Å²) < 4.78 is 17.0. The Morgan fingerprint density at radius 1 is 0.554 bits per heavy atom. The summed E-state index contributed by atoms with van der Waals surface area (Å²) in [4.78, 5) is 36.8. The molecule has 56 heavy (non-hydrogen) atoms. The van der Waals surface area contributed by atoms with Crippen molar-refractivity contribution in [1.82, 2.24) is 0 Å². The maximum Gasteiger partial charge on any atom is 0.310 e. The molecule has 0 aromatic heterocycles. The second kappa shape index (κ2) is 38.9. The summed E-state index contributed by atoms with van der Waals surface area (Å²) in [6.45, 7) is 4.44. The van der Waals surface area contributed by atoms with E-state index in [0.717, 1.165) is 44.9 Å². The molecule has 0 saturated carbocycles. The first-order valence-electron chi connectivity index (χ1n) is 22.3. The summed E-state index contributed by atoms with van der Waals surface area (Å²) in [6.07, 6.45) is 47.1. The van der Waals surface area contributed by atoms with Gasteiger partial charge in [-0.3, -0.25) is 9.59 Å². The molecule has 0 saturated heterocycles. The molecule has 8 nitrogen and oxygen atoms in total. The number of carboxylic acid groups (broad SMARTS) is 1. The molecule has 0 fully saturated rings. The third-order valence-corrected chi connectivity index (χ3v) is 9.70. The van der Waals surface area contributed by atoms with Crippen LogP contribution in [-0.2, 0) is 28.6 Å². The smallest absolute Gasteiger partial charge is 0.310 e. The van der Waals surface area contributed by atoms with Gasteiger partial charge in [0.2, 0.25) is 0 Å². The van der Waals surface area contributed by atoms with Gasteiger partial charge in [-0.1, -0.05) is 177 Å². The summed E-state index contributed by atoms with van der Waals surface area (Å²) in [6, 6.07) is -0.742. The number of likely N-dealkylation sites (N-methyl/N-ethyl adjacent to an activating group) is 1. The Labute approximate surface area is 343 Å². The van der Waals surface area contributed by atoms with Crippen molar-refractivity contribution in [2.45, 2.75) is 187 Å². The number of carbonyl (C=O) groups excluding carboxylic acids is 3. The average Bonchev–Trinajstić information content (AvgIpc) is 3.15. The number of ether oxygens (including phenoxy) is 3. The Morgan fingerprint density at radius 2 is 0.982 bits per heavy atom. The van der Waals surface area contributed by atoms with Gasteiger partial charge < -0.3 is 28.6 Å². The molecular weight excluding hydrogens is 703 g/mol. The molecule has 0 amide bonds. The van der Waals surface area contributed by atoms with Crippen molar-refractivity contribution < 1.29 is 38.2 Å². The minimum atomic E-state index is -1.14. The van der Waals surface area contributed by atoms with Gasteiger partial charge in [0.05, 0.1) is 46.7 Å². The first-order chi connectivity index (χ1) is 27.1. The predicted octanol–water partition coefficient (Wildman–Crippen LogP) is 10.9. The molecule has 0 rings (SSSR count). The van der Waals surface area contributed by atoms with E-state index in [1.54, 1.807) is 27.2 Å². The highest BCUT2D eigenvalue weighted by Crippen LogP contribution is 2.15. The van der Waals surface area contributed by atoms with Crippen LogP contribution in [0, 0.1) is 0 Å². The van der Waals surface area contributed by atoms with E-state index in [0.29, 0.717) is 12.8 Å². The maximum absolute atomic E-state index is 12.6. The number of hydrogen-bond donors (Lipinski definition) is 0.